The number of hydrogen-bond donors (Lipinski definition) is 0. The quantitative estimate of drug-likeness (QED) is 0.365. The van der Waals surface area contributed by atoms with Crippen LogP contribution >= 0.6 is 0 Å². The van der Waals surface area contributed by atoms with E-state index in [1.807, 2.05) is 0 Å². The second-order valence-electron chi connectivity index (χ2n) is 7.92. The highest BCUT2D eigenvalue weighted by Gasteiger charge is 2.71. The second-order valence-corrected chi connectivity index (χ2v) is 7.92. The van der Waals surface area contributed by atoms with Crippen LogP contribution in [0, 0.1) is 16.7 Å². The van der Waals surface area contributed by atoms with Gasteiger partial charge in [-0.25, -0.2) is 0 Å². The van der Waals surface area contributed by atoms with Crippen molar-refractivity contribution < 1.29 is 38.0 Å². The van der Waals surface area contributed by atoms with Gasteiger partial charge in [-0.15, -0.1) is 0 Å². The smallest absolute Gasteiger partial charge is 0.303 e. The first-order chi connectivity index (χ1) is 8.02. The summed E-state index contributed by atoms with van der Waals surface area (Å²) in [6, 6.07) is 0.419. The normalized spacial score (nSPS) is 39.8. The molecule has 2 rings (SSSR count). The van der Waals surface area contributed by atoms with Crippen molar-refractivity contribution in [2.45, 2.75) is 52.7 Å². The SMILES string of the molecule is CC(=O)OC1C([N+](C)(C)C)C2CCC1(C)C2(C)C.[I-]. The van der Waals surface area contributed by atoms with E-state index in [-0.39, 0.29) is 46.9 Å². The fourth-order valence-corrected chi connectivity index (χ4v) is 4.58. The summed E-state index contributed by atoms with van der Waals surface area (Å²) in [6.07, 6.45) is 2.50. The van der Waals surface area contributed by atoms with Gasteiger partial charge in [-0.3, -0.25) is 4.79 Å². The highest BCUT2D eigenvalue weighted by Crippen LogP contribution is 2.67. The fraction of sp³-hybridized carbons (Fsp3) is 0.933. The zero-order valence-corrected chi connectivity index (χ0v) is 15.4. The molecule has 2 aliphatic carbocycles. The van der Waals surface area contributed by atoms with Gasteiger partial charge in [0.1, 0.15) is 6.04 Å². The summed E-state index contributed by atoms with van der Waals surface area (Å²) >= 11 is 0. The van der Waals surface area contributed by atoms with Gasteiger partial charge >= 0.3 is 5.97 Å². The van der Waals surface area contributed by atoms with Crippen molar-refractivity contribution >= 4 is 5.97 Å². The molecular formula is C15H28INO2. The minimum Gasteiger partial charge on any atom is -1.00 e. The molecule has 4 heteroatoms. The molecule has 112 valence electrons. The summed E-state index contributed by atoms with van der Waals surface area (Å²) in [6.45, 7) is 8.57. The third-order valence-electron chi connectivity index (χ3n) is 5.91. The van der Waals surface area contributed by atoms with Crippen LogP contribution < -0.4 is 24.0 Å². The van der Waals surface area contributed by atoms with Crippen molar-refractivity contribution in [1.82, 2.24) is 0 Å². The number of nitrogens with zero attached hydrogens (tertiary/aromatic N) is 1. The molecule has 2 saturated carbocycles. The Morgan fingerprint density at radius 2 is 1.74 bits per heavy atom. The molecule has 0 radical (unpaired) electrons. The van der Waals surface area contributed by atoms with Gasteiger partial charge in [0.15, 0.2) is 6.10 Å². The number of fused-ring (bicyclic) bond motifs is 2. The Hall–Kier alpha value is 0.160. The highest BCUT2D eigenvalue weighted by molar-refractivity contribution is 5.66. The van der Waals surface area contributed by atoms with E-state index in [4.69, 9.17) is 4.74 Å². The molecule has 0 N–H and O–H groups in total. The van der Waals surface area contributed by atoms with Gasteiger partial charge in [0.25, 0.3) is 0 Å². The number of rotatable bonds is 2. The molecule has 0 heterocycles. The summed E-state index contributed by atoms with van der Waals surface area (Å²) in [7, 11) is 6.67. The topological polar surface area (TPSA) is 26.3 Å². The maximum atomic E-state index is 11.5. The van der Waals surface area contributed by atoms with Gasteiger partial charge in [0.05, 0.1) is 21.1 Å². The second kappa shape index (κ2) is 4.86. The first-order valence-corrected chi connectivity index (χ1v) is 7.00. The largest absolute Gasteiger partial charge is 1.00 e. The third kappa shape index (κ3) is 2.33. The number of carbonyl (C=O) groups excluding carboxylic acids is 1. The third-order valence-corrected chi connectivity index (χ3v) is 5.91. The molecule has 2 aliphatic rings. The first kappa shape index (κ1) is 17.2. The lowest BCUT2D eigenvalue weighted by Crippen LogP contribution is -3.00. The molecule has 3 nitrogen and oxygen atoms in total. The van der Waals surface area contributed by atoms with Crippen LogP contribution in [0.3, 0.4) is 0 Å². The van der Waals surface area contributed by atoms with Gasteiger partial charge in [0, 0.05) is 18.3 Å². The van der Waals surface area contributed by atoms with E-state index >= 15 is 0 Å². The van der Waals surface area contributed by atoms with Crippen LogP contribution in [0.25, 0.3) is 0 Å². The van der Waals surface area contributed by atoms with Crippen LogP contribution in [0.5, 0.6) is 0 Å². The van der Waals surface area contributed by atoms with E-state index < -0.39 is 0 Å². The zero-order chi connectivity index (χ0) is 13.9. The van der Waals surface area contributed by atoms with Crippen LogP contribution in [0.15, 0.2) is 0 Å². The molecule has 4 unspecified atom stereocenters. The van der Waals surface area contributed by atoms with E-state index in [2.05, 4.69) is 41.9 Å². The lowest BCUT2D eigenvalue weighted by molar-refractivity contribution is -0.903. The van der Waals surface area contributed by atoms with Gasteiger partial charge in [-0.05, 0) is 18.3 Å². The number of esters is 1. The zero-order valence-electron chi connectivity index (χ0n) is 13.3. The number of carbonyl (C=O) groups is 1. The van der Waals surface area contributed by atoms with E-state index in [1.54, 1.807) is 0 Å². The summed E-state index contributed by atoms with van der Waals surface area (Å²) in [4.78, 5) is 11.5. The Morgan fingerprint density at radius 3 is 2.16 bits per heavy atom. The van der Waals surface area contributed by atoms with Crippen molar-refractivity contribution in [1.29, 1.82) is 0 Å². The molecule has 19 heavy (non-hydrogen) atoms. The van der Waals surface area contributed by atoms with Gasteiger partial charge < -0.3 is 33.2 Å². The maximum absolute atomic E-state index is 11.5. The van der Waals surface area contributed by atoms with Crippen LogP contribution in [-0.4, -0.2) is 43.7 Å². The molecule has 0 amide bonds. The van der Waals surface area contributed by atoms with Crippen molar-refractivity contribution in [2.24, 2.45) is 16.7 Å². The van der Waals surface area contributed by atoms with E-state index in [9.17, 15) is 4.79 Å². The van der Waals surface area contributed by atoms with Gasteiger partial charge in [0.2, 0.25) is 0 Å². The maximum Gasteiger partial charge on any atom is 0.303 e. The van der Waals surface area contributed by atoms with E-state index in [1.165, 1.54) is 19.8 Å². The van der Waals surface area contributed by atoms with E-state index in [0.29, 0.717) is 12.0 Å². The first-order valence-electron chi connectivity index (χ1n) is 7.00. The monoisotopic (exact) mass is 381 g/mol. The number of quaternary nitrogens is 1. The number of likely N-dealkylation sites (N-methyl/N-ethyl adjacent to an activating group) is 1. The average molecular weight is 381 g/mol. The number of ether oxygens (including phenoxy) is 1. The molecule has 2 bridgehead atoms. The molecular weight excluding hydrogens is 353 g/mol. The van der Waals surface area contributed by atoms with Crippen LogP contribution in [0.4, 0.5) is 0 Å². The Morgan fingerprint density at radius 1 is 1.21 bits per heavy atom. The fourth-order valence-electron chi connectivity index (χ4n) is 4.58. The molecule has 0 spiro atoms. The summed E-state index contributed by atoms with van der Waals surface area (Å²) < 4.78 is 6.64. The van der Waals surface area contributed by atoms with Crippen LogP contribution in [0.1, 0.15) is 40.5 Å². The minimum atomic E-state index is -0.136. The van der Waals surface area contributed by atoms with Crippen molar-refractivity contribution in [2.75, 3.05) is 21.1 Å². The molecule has 0 aliphatic heterocycles. The minimum absolute atomic E-state index is 0. The van der Waals surface area contributed by atoms with Crippen molar-refractivity contribution in [3.63, 3.8) is 0 Å². The summed E-state index contributed by atoms with van der Waals surface area (Å²) in [5.41, 5.74) is 0.378. The van der Waals surface area contributed by atoms with Gasteiger partial charge in [-0.2, -0.15) is 0 Å². The highest BCUT2D eigenvalue weighted by atomic mass is 127. The summed E-state index contributed by atoms with van der Waals surface area (Å²) in [5.74, 6) is 0.509. The molecule has 0 saturated heterocycles. The lowest BCUT2D eigenvalue weighted by Gasteiger charge is -2.43. The predicted molar refractivity (Wildman–Crippen MR) is 72.0 cm³/mol. The van der Waals surface area contributed by atoms with Crippen molar-refractivity contribution in [3.05, 3.63) is 0 Å². The average Bonchev–Trinajstić information content (AvgIpc) is 2.46. The lowest BCUT2D eigenvalue weighted by atomic mass is 9.70. The van der Waals surface area contributed by atoms with Gasteiger partial charge in [-0.1, -0.05) is 20.8 Å². The number of halogens is 1. The Bertz CT molecular complexity index is 375. The summed E-state index contributed by atoms with van der Waals surface area (Å²) in [5, 5.41) is 0. The Kier molecular flexibility index (Phi) is 4.41. The van der Waals surface area contributed by atoms with Crippen LogP contribution in [-0.2, 0) is 9.53 Å². The van der Waals surface area contributed by atoms with Crippen molar-refractivity contribution in [3.8, 4) is 0 Å². The Balaban J connectivity index is 0.00000180. The molecule has 0 aromatic carbocycles. The number of hydrogen-bond acceptors (Lipinski definition) is 2. The van der Waals surface area contributed by atoms with E-state index in [0.717, 1.165) is 4.48 Å². The molecule has 0 aromatic heterocycles. The Labute approximate surface area is 134 Å². The molecule has 4 atom stereocenters. The predicted octanol–water partition coefficient (Wildman–Crippen LogP) is -0.547. The van der Waals surface area contributed by atoms with Crippen LogP contribution in [0.2, 0.25) is 0 Å². The standard InChI is InChI=1S/C15H28NO2.HI/c1-10(17)18-13-12(16(5,6)7)11-8-9-15(13,4)14(11,2)3;/h11-13H,8-9H2,1-7H3;1H/q+1;/p-1. The molecule has 0 aromatic rings. The molecule has 2 fully saturated rings.